The van der Waals surface area contributed by atoms with Crippen LogP contribution in [0.1, 0.15) is 31.7 Å². The number of hydrogen-bond acceptors (Lipinski definition) is 5. The molecule has 0 spiro atoms. The first-order valence-electron chi connectivity index (χ1n) is 8.07. The third-order valence-electron chi connectivity index (χ3n) is 3.47. The molecule has 0 aliphatic carbocycles. The average Bonchev–Trinajstić information content (AvgIpc) is 3.07. The normalized spacial score (nSPS) is 10.4. The Morgan fingerprint density at radius 2 is 1.83 bits per heavy atom. The predicted molar refractivity (Wildman–Crippen MR) is 89.1 cm³/mol. The first kappa shape index (κ1) is 17.7. The molecule has 0 radical (unpaired) electrons. The zero-order valence-electron chi connectivity index (χ0n) is 14.0. The van der Waals surface area contributed by atoms with E-state index in [-0.39, 0.29) is 24.8 Å². The van der Waals surface area contributed by atoms with E-state index in [1.54, 1.807) is 0 Å². The Labute approximate surface area is 140 Å². The van der Waals surface area contributed by atoms with E-state index in [9.17, 15) is 9.59 Å². The van der Waals surface area contributed by atoms with Crippen molar-refractivity contribution in [1.82, 2.24) is 20.8 Å². The third-order valence-corrected chi connectivity index (χ3v) is 3.47. The van der Waals surface area contributed by atoms with Crippen molar-refractivity contribution in [2.45, 2.75) is 33.1 Å². The van der Waals surface area contributed by atoms with Crippen LogP contribution in [0.3, 0.4) is 0 Å². The molecule has 2 aromatic rings. The number of carbonyl (C=O) groups excluding carboxylic acids is 2. The van der Waals surface area contributed by atoms with E-state index in [4.69, 9.17) is 4.52 Å². The number of carbonyl (C=O) groups is 2. The van der Waals surface area contributed by atoms with Crippen molar-refractivity contribution in [3.8, 4) is 11.4 Å². The number of nitrogens with zero attached hydrogens (tertiary/aromatic N) is 2. The van der Waals surface area contributed by atoms with Gasteiger partial charge in [0.1, 0.15) is 0 Å². The average molecular weight is 330 g/mol. The number of likely N-dealkylation sites (N-methyl/N-ethyl adjacent to an activating group) is 1. The van der Waals surface area contributed by atoms with Crippen molar-refractivity contribution in [1.29, 1.82) is 0 Å². The summed E-state index contributed by atoms with van der Waals surface area (Å²) in [7, 11) is 0. The highest BCUT2D eigenvalue weighted by atomic mass is 16.5. The summed E-state index contributed by atoms with van der Waals surface area (Å²) in [6.07, 6.45) is 1.50. The molecule has 2 amide bonds. The maximum atomic E-state index is 11.7. The Morgan fingerprint density at radius 3 is 2.50 bits per heavy atom. The van der Waals surface area contributed by atoms with Crippen LogP contribution in [0.25, 0.3) is 11.4 Å². The minimum atomic E-state index is -0.228. The van der Waals surface area contributed by atoms with Crippen LogP contribution in [0.15, 0.2) is 28.8 Å². The van der Waals surface area contributed by atoms with Gasteiger partial charge in [0.15, 0.2) is 0 Å². The molecule has 0 unspecified atom stereocenters. The SMILES string of the molecule is CCNC(=O)CNC(=O)CCc1nc(-c2ccc(CC)cc2)no1. The Hall–Kier alpha value is -2.70. The standard InChI is InChI=1S/C17H22N4O3/c1-3-12-5-7-13(8-6-12)17-20-16(24-21-17)10-9-14(22)19-11-15(23)18-4-2/h5-8H,3-4,9-11H2,1-2H3,(H,18,23)(H,19,22). The first-order chi connectivity index (χ1) is 11.6. The summed E-state index contributed by atoms with van der Waals surface area (Å²) < 4.78 is 5.17. The summed E-state index contributed by atoms with van der Waals surface area (Å²) >= 11 is 0. The van der Waals surface area contributed by atoms with Gasteiger partial charge < -0.3 is 15.2 Å². The topological polar surface area (TPSA) is 97.1 Å². The van der Waals surface area contributed by atoms with E-state index in [0.717, 1.165) is 12.0 Å². The largest absolute Gasteiger partial charge is 0.355 e. The lowest BCUT2D eigenvalue weighted by atomic mass is 10.1. The van der Waals surface area contributed by atoms with Crippen molar-refractivity contribution in [3.05, 3.63) is 35.7 Å². The first-order valence-corrected chi connectivity index (χ1v) is 8.07. The number of rotatable bonds is 8. The van der Waals surface area contributed by atoms with Gasteiger partial charge in [-0.1, -0.05) is 36.3 Å². The van der Waals surface area contributed by atoms with Gasteiger partial charge in [-0.05, 0) is 18.9 Å². The number of amides is 2. The van der Waals surface area contributed by atoms with Gasteiger partial charge in [-0.3, -0.25) is 9.59 Å². The summed E-state index contributed by atoms with van der Waals surface area (Å²) in [5, 5.41) is 9.09. The Bertz CT molecular complexity index is 679. The molecule has 0 fully saturated rings. The molecule has 0 saturated heterocycles. The smallest absolute Gasteiger partial charge is 0.239 e. The molecular formula is C17H22N4O3. The van der Waals surface area contributed by atoms with Crippen molar-refractivity contribution < 1.29 is 14.1 Å². The van der Waals surface area contributed by atoms with Gasteiger partial charge in [0.05, 0.1) is 6.54 Å². The van der Waals surface area contributed by atoms with E-state index < -0.39 is 0 Å². The zero-order chi connectivity index (χ0) is 17.4. The molecule has 1 heterocycles. The maximum absolute atomic E-state index is 11.7. The molecule has 7 nitrogen and oxygen atoms in total. The molecule has 1 aromatic carbocycles. The number of aryl methyl sites for hydroxylation is 2. The van der Waals surface area contributed by atoms with Crippen LogP contribution < -0.4 is 10.6 Å². The van der Waals surface area contributed by atoms with Crippen LogP contribution >= 0.6 is 0 Å². The van der Waals surface area contributed by atoms with Crippen LogP contribution in [-0.4, -0.2) is 35.0 Å². The molecule has 0 bridgehead atoms. The maximum Gasteiger partial charge on any atom is 0.239 e. The number of nitrogens with one attached hydrogen (secondary N) is 2. The fraction of sp³-hybridized carbons (Fsp3) is 0.412. The fourth-order valence-electron chi connectivity index (χ4n) is 2.11. The van der Waals surface area contributed by atoms with Crippen molar-refractivity contribution in [2.75, 3.05) is 13.1 Å². The molecule has 0 atom stereocenters. The molecule has 0 saturated carbocycles. The third kappa shape index (κ3) is 5.19. The minimum Gasteiger partial charge on any atom is -0.355 e. The summed E-state index contributed by atoms with van der Waals surface area (Å²) in [5.41, 5.74) is 2.12. The lowest BCUT2D eigenvalue weighted by molar-refractivity contribution is -0.126. The van der Waals surface area contributed by atoms with Crippen LogP contribution in [0.2, 0.25) is 0 Å². The van der Waals surface area contributed by atoms with Crippen LogP contribution in [-0.2, 0) is 22.4 Å². The van der Waals surface area contributed by atoms with Gasteiger partial charge in [-0.2, -0.15) is 4.98 Å². The lowest BCUT2D eigenvalue weighted by Gasteiger charge is -2.03. The summed E-state index contributed by atoms with van der Waals surface area (Å²) in [4.78, 5) is 27.2. The van der Waals surface area contributed by atoms with Crippen molar-refractivity contribution in [3.63, 3.8) is 0 Å². The molecule has 0 aliphatic rings. The highest BCUT2D eigenvalue weighted by molar-refractivity contribution is 5.84. The predicted octanol–water partition coefficient (Wildman–Crippen LogP) is 1.48. The monoisotopic (exact) mass is 330 g/mol. The van der Waals surface area contributed by atoms with Crippen molar-refractivity contribution in [2.24, 2.45) is 0 Å². The highest BCUT2D eigenvalue weighted by Gasteiger charge is 2.11. The number of hydrogen-bond donors (Lipinski definition) is 2. The van der Waals surface area contributed by atoms with Crippen LogP contribution in [0.5, 0.6) is 0 Å². The summed E-state index contributed by atoms with van der Waals surface area (Å²) in [6.45, 7) is 4.44. The van der Waals surface area contributed by atoms with E-state index in [1.165, 1.54) is 5.56 Å². The molecule has 1 aromatic heterocycles. The molecule has 0 aliphatic heterocycles. The zero-order valence-corrected chi connectivity index (χ0v) is 14.0. The Balaban J connectivity index is 1.82. The van der Waals surface area contributed by atoms with Gasteiger partial charge in [-0.15, -0.1) is 0 Å². The van der Waals surface area contributed by atoms with E-state index >= 15 is 0 Å². The minimum absolute atomic E-state index is 0.0223. The number of aromatic nitrogens is 2. The quantitative estimate of drug-likeness (QED) is 0.764. The van der Waals surface area contributed by atoms with Gasteiger partial charge in [0.25, 0.3) is 0 Å². The van der Waals surface area contributed by atoms with Gasteiger partial charge >= 0.3 is 0 Å². The van der Waals surface area contributed by atoms with E-state index in [1.807, 2.05) is 31.2 Å². The second-order valence-corrected chi connectivity index (χ2v) is 5.29. The number of benzene rings is 1. The van der Waals surface area contributed by atoms with Crippen LogP contribution in [0.4, 0.5) is 0 Å². The fourth-order valence-corrected chi connectivity index (χ4v) is 2.11. The second kappa shape index (κ2) is 8.81. The Kier molecular flexibility index (Phi) is 6.48. The summed E-state index contributed by atoms with van der Waals surface area (Å²) in [6, 6.07) is 7.96. The lowest BCUT2D eigenvalue weighted by Crippen LogP contribution is -2.36. The molecule has 7 heteroatoms. The van der Waals surface area contributed by atoms with E-state index in [0.29, 0.717) is 24.7 Å². The second-order valence-electron chi connectivity index (χ2n) is 5.29. The van der Waals surface area contributed by atoms with Crippen LogP contribution in [0, 0.1) is 0 Å². The highest BCUT2D eigenvalue weighted by Crippen LogP contribution is 2.17. The van der Waals surface area contributed by atoms with Crippen molar-refractivity contribution >= 4 is 11.8 Å². The molecule has 2 rings (SSSR count). The molecule has 24 heavy (non-hydrogen) atoms. The summed E-state index contributed by atoms with van der Waals surface area (Å²) in [5.74, 6) is 0.475. The molecule has 2 N–H and O–H groups in total. The van der Waals surface area contributed by atoms with Gasteiger partial charge in [0.2, 0.25) is 23.5 Å². The Morgan fingerprint density at radius 1 is 1.08 bits per heavy atom. The molecule has 128 valence electrons. The van der Waals surface area contributed by atoms with Gasteiger partial charge in [0, 0.05) is 24.9 Å². The van der Waals surface area contributed by atoms with Gasteiger partial charge in [-0.25, -0.2) is 0 Å². The van der Waals surface area contributed by atoms with E-state index in [2.05, 4.69) is 27.7 Å². The molecular weight excluding hydrogens is 308 g/mol.